The zero-order valence-electron chi connectivity index (χ0n) is 14.2. The van der Waals surface area contributed by atoms with Crippen molar-refractivity contribution in [1.29, 1.82) is 0 Å². The molecule has 1 aliphatic rings. The molecule has 1 aromatic carbocycles. The van der Waals surface area contributed by atoms with E-state index in [0.29, 0.717) is 0 Å². The first-order chi connectivity index (χ1) is 11.1. The van der Waals surface area contributed by atoms with E-state index < -0.39 is 28.1 Å². The molecule has 1 aromatic rings. The van der Waals surface area contributed by atoms with Gasteiger partial charge in [-0.1, -0.05) is 18.2 Å². The molecule has 7 nitrogen and oxygen atoms in total. The first kappa shape index (κ1) is 18.4. The summed E-state index contributed by atoms with van der Waals surface area (Å²) < 4.78 is 32.2. The highest BCUT2D eigenvalue weighted by molar-refractivity contribution is 7.85. The van der Waals surface area contributed by atoms with E-state index in [0.717, 1.165) is 23.1 Å². The quantitative estimate of drug-likeness (QED) is 0.582. The first-order valence-corrected chi connectivity index (χ1v) is 9.21. The van der Waals surface area contributed by atoms with Gasteiger partial charge in [-0.3, -0.25) is 13.8 Å². The van der Waals surface area contributed by atoms with Gasteiger partial charge in [0.2, 0.25) is 5.91 Å². The summed E-state index contributed by atoms with van der Waals surface area (Å²) >= 11 is 0. The van der Waals surface area contributed by atoms with E-state index >= 15 is 0 Å². The van der Waals surface area contributed by atoms with Crippen molar-refractivity contribution in [3.05, 3.63) is 29.3 Å². The zero-order chi connectivity index (χ0) is 18.1. The van der Waals surface area contributed by atoms with Gasteiger partial charge in [-0.05, 0) is 25.0 Å². The van der Waals surface area contributed by atoms with Crippen LogP contribution in [0.1, 0.15) is 17.5 Å². The van der Waals surface area contributed by atoms with Crippen LogP contribution in [0.5, 0.6) is 0 Å². The van der Waals surface area contributed by atoms with Crippen molar-refractivity contribution in [1.82, 2.24) is 0 Å². The molecule has 1 heterocycles. The van der Waals surface area contributed by atoms with Crippen LogP contribution >= 0.6 is 0 Å². The minimum atomic E-state index is -3.74. The Hall–Kier alpha value is -1.93. The molecule has 0 saturated carbocycles. The lowest BCUT2D eigenvalue weighted by Gasteiger charge is -2.26. The molecule has 24 heavy (non-hydrogen) atoms. The number of benzene rings is 1. The lowest BCUT2D eigenvalue weighted by Crippen LogP contribution is -2.40. The van der Waals surface area contributed by atoms with Crippen molar-refractivity contribution in [2.45, 2.75) is 20.3 Å². The molecule has 132 valence electrons. The lowest BCUT2D eigenvalue weighted by molar-refractivity contribution is -0.154. The predicted octanol–water partition coefficient (Wildman–Crippen LogP) is 1.18. The second-order valence-corrected chi connectivity index (χ2v) is 7.78. The number of methoxy groups -OCH3 is 1. The summed E-state index contributed by atoms with van der Waals surface area (Å²) in [5.41, 5.74) is 1.18. The average Bonchev–Trinajstić information content (AvgIpc) is 2.82. The van der Waals surface area contributed by atoms with Crippen LogP contribution in [0.4, 0.5) is 5.69 Å². The van der Waals surface area contributed by atoms with Gasteiger partial charge in [-0.15, -0.1) is 0 Å². The molecule has 1 aliphatic heterocycles. The topological polar surface area (TPSA) is 90.0 Å². The van der Waals surface area contributed by atoms with E-state index in [9.17, 15) is 18.0 Å². The average molecular weight is 355 g/mol. The Kier molecular flexibility index (Phi) is 5.00. The van der Waals surface area contributed by atoms with Gasteiger partial charge < -0.3 is 9.64 Å². The smallest absolute Gasteiger partial charge is 0.316 e. The van der Waals surface area contributed by atoms with Gasteiger partial charge in [0.25, 0.3) is 10.1 Å². The number of hydrogen-bond donors (Lipinski definition) is 0. The van der Waals surface area contributed by atoms with E-state index in [1.54, 1.807) is 0 Å². The predicted molar refractivity (Wildman–Crippen MR) is 88.1 cm³/mol. The number of ether oxygens (including phenoxy) is 1. The number of rotatable bonds is 5. The van der Waals surface area contributed by atoms with Gasteiger partial charge in [0, 0.05) is 18.7 Å². The second-order valence-electron chi connectivity index (χ2n) is 6.14. The highest BCUT2D eigenvalue weighted by atomic mass is 32.2. The maximum atomic E-state index is 12.6. The number of amides is 1. The Morgan fingerprint density at radius 2 is 1.88 bits per heavy atom. The van der Waals surface area contributed by atoms with Crippen molar-refractivity contribution in [3.63, 3.8) is 0 Å². The molecule has 0 spiro atoms. The van der Waals surface area contributed by atoms with Gasteiger partial charge in [0.05, 0.1) is 20.0 Å². The number of anilines is 1. The summed E-state index contributed by atoms with van der Waals surface area (Å²) in [6.07, 6.45) is 0.737. The molecule has 2 rings (SSSR count). The Morgan fingerprint density at radius 3 is 2.38 bits per heavy atom. The molecule has 8 heteroatoms. The molecular formula is C16H21NO6S. The summed E-state index contributed by atoms with van der Waals surface area (Å²) in [4.78, 5) is 26.3. The van der Waals surface area contributed by atoms with E-state index in [1.807, 2.05) is 32.0 Å². The number of nitrogens with zero attached hydrogens (tertiary/aromatic N) is 1. The second kappa shape index (κ2) is 6.52. The molecule has 1 fully saturated rings. The van der Waals surface area contributed by atoms with Crippen LogP contribution in [0.15, 0.2) is 18.2 Å². The molecule has 0 aromatic heterocycles. The van der Waals surface area contributed by atoms with E-state index in [-0.39, 0.29) is 18.9 Å². The monoisotopic (exact) mass is 355 g/mol. The third-order valence-corrected chi connectivity index (χ3v) is 4.67. The number of esters is 1. The normalized spacial score (nSPS) is 21.2. The van der Waals surface area contributed by atoms with E-state index in [2.05, 4.69) is 0 Å². The molecule has 1 amide bonds. The van der Waals surface area contributed by atoms with Crippen LogP contribution in [0.25, 0.3) is 0 Å². The largest absolute Gasteiger partial charge is 0.468 e. The molecule has 1 saturated heterocycles. The number of para-hydroxylation sites is 1. The van der Waals surface area contributed by atoms with Crippen molar-refractivity contribution in [3.8, 4) is 0 Å². The zero-order valence-corrected chi connectivity index (χ0v) is 15.0. The maximum absolute atomic E-state index is 12.6. The molecular weight excluding hydrogens is 334 g/mol. The van der Waals surface area contributed by atoms with Crippen LogP contribution < -0.4 is 4.90 Å². The summed E-state index contributed by atoms with van der Waals surface area (Å²) in [5.74, 6) is -0.928. The van der Waals surface area contributed by atoms with Crippen molar-refractivity contribution in [2.75, 3.05) is 31.4 Å². The fraction of sp³-hybridized carbons (Fsp3) is 0.500. The number of aryl methyl sites for hydroxylation is 2. The van der Waals surface area contributed by atoms with Crippen LogP contribution in [0.3, 0.4) is 0 Å². The highest BCUT2D eigenvalue weighted by Gasteiger charge is 2.51. The first-order valence-electron chi connectivity index (χ1n) is 7.39. The van der Waals surface area contributed by atoms with Gasteiger partial charge >= 0.3 is 5.97 Å². The van der Waals surface area contributed by atoms with E-state index in [1.165, 1.54) is 12.0 Å². The van der Waals surface area contributed by atoms with Gasteiger partial charge in [-0.2, -0.15) is 8.42 Å². The van der Waals surface area contributed by atoms with Gasteiger partial charge in [-0.25, -0.2) is 0 Å². The Balaban J connectivity index is 2.40. The SMILES string of the molecule is COC(=O)C1(COS(C)(=O)=O)CC(=O)N(c2c(C)cccc2C)C1. The number of hydrogen-bond acceptors (Lipinski definition) is 6. The number of carbonyl (C=O) groups excluding carboxylic acids is 2. The molecule has 0 aliphatic carbocycles. The van der Waals surface area contributed by atoms with Crippen molar-refractivity contribution in [2.24, 2.45) is 5.41 Å². The molecule has 0 radical (unpaired) electrons. The van der Waals surface area contributed by atoms with Crippen LogP contribution in [0.2, 0.25) is 0 Å². The van der Waals surface area contributed by atoms with Gasteiger partial charge in [0.15, 0.2) is 0 Å². The maximum Gasteiger partial charge on any atom is 0.316 e. The Labute approximate surface area is 141 Å². The van der Waals surface area contributed by atoms with Crippen LogP contribution in [0, 0.1) is 19.3 Å². The number of carbonyl (C=O) groups is 2. The van der Waals surface area contributed by atoms with Crippen molar-refractivity contribution >= 4 is 27.7 Å². The minimum absolute atomic E-state index is 0.0136. The summed E-state index contributed by atoms with van der Waals surface area (Å²) in [5, 5.41) is 0. The fourth-order valence-corrected chi connectivity index (χ4v) is 3.44. The van der Waals surface area contributed by atoms with Crippen LogP contribution in [-0.4, -0.2) is 46.8 Å². The molecule has 1 atom stereocenters. The third-order valence-electron chi connectivity index (χ3n) is 4.13. The molecule has 0 N–H and O–H groups in total. The molecule has 0 bridgehead atoms. The molecule has 1 unspecified atom stereocenters. The Morgan fingerprint density at radius 1 is 1.29 bits per heavy atom. The highest BCUT2D eigenvalue weighted by Crippen LogP contribution is 2.38. The van der Waals surface area contributed by atoms with Crippen LogP contribution in [-0.2, 0) is 28.6 Å². The lowest BCUT2D eigenvalue weighted by atomic mass is 9.88. The Bertz CT molecular complexity index is 753. The third kappa shape index (κ3) is 3.59. The van der Waals surface area contributed by atoms with Gasteiger partial charge in [0.1, 0.15) is 5.41 Å². The minimum Gasteiger partial charge on any atom is -0.468 e. The standard InChI is InChI=1S/C16H21NO6S/c1-11-6-5-7-12(2)14(11)17-9-16(8-13(17)18,15(19)22-3)10-23-24(4,20)21/h5-7H,8-10H2,1-4H3. The summed E-state index contributed by atoms with van der Waals surface area (Å²) in [6.45, 7) is 3.34. The van der Waals surface area contributed by atoms with E-state index in [4.69, 9.17) is 8.92 Å². The van der Waals surface area contributed by atoms with Crippen molar-refractivity contribution < 1.29 is 26.9 Å². The summed E-state index contributed by atoms with van der Waals surface area (Å²) in [6, 6.07) is 5.64. The fourth-order valence-electron chi connectivity index (χ4n) is 3.00. The summed E-state index contributed by atoms with van der Waals surface area (Å²) in [7, 11) is -2.54.